The summed E-state index contributed by atoms with van der Waals surface area (Å²) < 4.78 is 5.02. The smallest absolute Gasteiger partial charge is 0.341 e. The molecule has 29 heavy (non-hydrogen) atoms. The normalized spacial score (nSPS) is 25.2. The first-order chi connectivity index (χ1) is 14.0. The average molecular weight is 420 g/mol. The molecule has 1 aromatic heterocycles. The number of anilines is 1. The molecule has 3 heterocycles. The molecule has 2 aliphatic heterocycles. The summed E-state index contributed by atoms with van der Waals surface area (Å²) in [4.78, 5) is 31.2. The lowest BCUT2D eigenvalue weighted by Gasteiger charge is -2.20. The van der Waals surface area contributed by atoms with Gasteiger partial charge in [-0.05, 0) is 75.6 Å². The van der Waals surface area contributed by atoms with Crippen molar-refractivity contribution in [2.75, 3.05) is 51.7 Å². The van der Waals surface area contributed by atoms with Gasteiger partial charge in [-0.2, -0.15) is 0 Å². The van der Waals surface area contributed by atoms with Gasteiger partial charge >= 0.3 is 5.97 Å². The third-order valence-electron chi connectivity index (χ3n) is 6.61. The number of carbonyl (C=O) groups excluding carboxylic acids is 2. The van der Waals surface area contributed by atoms with E-state index in [0.29, 0.717) is 28.9 Å². The number of methoxy groups -OCH3 is 1. The lowest BCUT2D eigenvalue weighted by molar-refractivity contribution is -0.117. The van der Waals surface area contributed by atoms with Crippen LogP contribution >= 0.6 is 11.3 Å². The Morgan fingerprint density at radius 3 is 2.72 bits per heavy atom. The predicted octanol–water partition coefficient (Wildman–Crippen LogP) is 3.02. The first-order valence-electron chi connectivity index (χ1n) is 11.0. The van der Waals surface area contributed by atoms with Crippen LogP contribution in [0.4, 0.5) is 5.00 Å². The van der Waals surface area contributed by atoms with Gasteiger partial charge in [-0.25, -0.2) is 4.79 Å². The van der Waals surface area contributed by atoms with Gasteiger partial charge in [0.25, 0.3) is 0 Å². The van der Waals surface area contributed by atoms with Gasteiger partial charge in [0.1, 0.15) is 5.00 Å². The average Bonchev–Trinajstić information content (AvgIpc) is 3.42. The van der Waals surface area contributed by atoms with E-state index in [4.69, 9.17) is 4.74 Å². The lowest BCUT2D eigenvalue weighted by atomic mass is 9.88. The zero-order valence-electron chi connectivity index (χ0n) is 17.7. The molecule has 3 aliphatic rings. The van der Waals surface area contributed by atoms with Crippen molar-refractivity contribution in [3.63, 3.8) is 0 Å². The van der Waals surface area contributed by atoms with Crippen molar-refractivity contribution >= 4 is 28.2 Å². The number of amides is 1. The van der Waals surface area contributed by atoms with E-state index in [1.165, 1.54) is 50.9 Å². The number of nitrogens with one attached hydrogen (secondary N) is 1. The van der Waals surface area contributed by atoms with Gasteiger partial charge in [-0.15, -0.1) is 11.3 Å². The molecule has 2 fully saturated rings. The Morgan fingerprint density at radius 1 is 1.17 bits per heavy atom. The molecule has 0 spiro atoms. The molecule has 6 nitrogen and oxygen atoms in total. The van der Waals surface area contributed by atoms with Crippen molar-refractivity contribution in [3.8, 4) is 0 Å². The van der Waals surface area contributed by atoms with Crippen molar-refractivity contribution in [2.45, 2.75) is 45.4 Å². The molecule has 2 saturated heterocycles. The van der Waals surface area contributed by atoms with Gasteiger partial charge in [0.05, 0.1) is 19.2 Å². The predicted molar refractivity (Wildman–Crippen MR) is 116 cm³/mol. The molecule has 1 N–H and O–H groups in total. The zero-order chi connectivity index (χ0) is 20.4. The summed E-state index contributed by atoms with van der Waals surface area (Å²) in [5.74, 6) is 0.928. The standard InChI is InChI=1S/C22H33N3O3S/c1-15-5-6-17-18(11-15)29-21(20(17)22(27)28-2)23-19(26)14-25-10-7-16(13-25)12-24-8-3-4-9-24/h15-16H,3-14H2,1-2H3,(H,23,26)/t15-,16+/m0/s1. The van der Waals surface area contributed by atoms with Crippen LogP contribution in [-0.4, -0.2) is 68.1 Å². The monoisotopic (exact) mass is 419 g/mol. The topological polar surface area (TPSA) is 61.9 Å². The molecule has 0 bridgehead atoms. The number of carbonyl (C=O) groups is 2. The Hall–Kier alpha value is -1.44. The van der Waals surface area contributed by atoms with E-state index in [9.17, 15) is 9.59 Å². The van der Waals surface area contributed by atoms with Crippen LogP contribution in [0.25, 0.3) is 0 Å². The number of esters is 1. The Morgan fingerprint density at radius 2 is 1.97 bits per heavy atom. The second-order valence-electron chi connectivity index (χ2n) is 8.99. The van der Waals surface area contributed by atoms with Gasteiger partial charge in [0.2, 0.25) is 5.91 Å². The van der Waals surface area contributed by atoms with Crippen LogP contribution in [0.15, 0.2) is 0 Å². The van der Waals surface area contributed by atoms with E-state index in [-0.39, 0.29) is 11.9 Å². The Kier molecular flexibility index (Phi) is 6.56. The van der Waals surface area contributed by atoms with Crippen molar-refractivity contribution < 1.29 is 14.3 Å². The quantitative estimate of drug-likeness (QED) is 0.718. The fraction of sp³-hybridized carbons (Fsp3) is 0.727. The number of nitrogens with zero attached hydrogens (tertiary/aromatic N) is 2. The largest absolute Gasteiger partial charge is 0.465 e. The third kappa shape index (κ3) is 4.84. The number of likely N-dealkylation sites (tertiary alicyclic amines) is 2. The zero-order valence-corrected chi connectivity index (χ0v) is 18.5. The molecular formula is C22H33N3O3S. The molecule has 4 rings (SSSR count). The van der Waals surface area contributed by atoms with Gasteiger partial charge in [0.15, 0.2) is 0 Å². The Labute approximate surface area is 177 Å². The molecule has 2 atom stereocenters. The molecule has 7 heteroatoms. The minimum atomic E-state index is -0.334. The second-order valence-corrected chi connectivity index (χ2v) is 10.1. The number of hydrogen-bond donors (Lipinski definition) is 1. The summed E-state index contributed by atoms with van der Waals surface area (Å²) in [5, 5.41) is 3.71. The first kappa shape index (κ1) is 20.8. The van der Waals surface area contributed by atoms with Gasteiger partial charge < -0.3 is 15.0 Å². The molecule has 1 aliphatic carbocycles. The summed E-state index contributed by atoms with van der Waals surface area (Å²) in [5.41, 5.74) is 1.67. The van der Waals surface area contributed by atoms with Crippen molar-refractivity contribution in [3.05, 3.63) is 16.0 Å². The molecule has 1 aromatic rings. The van der Waals surface area contributed by atoms with Crippen molar-refractivity contribution in [2.24, 2.45) is 11.8 Å². The summed E-state index contributed by atoms with van der Waals surface area (Å²) >= 11 is 1.56. The molecule has 0 unspecified atom stereocenters. The Balaban J connectivity index is 1.36. The van der Waals surface area contributed by atoms with Gasteiger partial charge in [0, 0.05) is 18.0 Å². The summed E-state index contributed by atoms with van der Waals surface area (Å²) in [6.07, 6.45) is 6.76. The number of rotatable bonds is 6. The highest BCUT2D eigenvalue weighted by atomic mass is 32.1. The first-order valence-corrected chi connectivity index (χ1v) is 11.8. The molecule has 160 valence electrons. The maximum Gasteiger partial charge on any atom is 0.341 e. The van der Waals surface area contributed by atoms with Crippen LogP contribution in [0.1, 0.15) is 53.4 Å². The van der Waals surface area contributed by atoms with Crippen molar-refractivity contribution in [1.82, 2.24) is 9.80 Å². The highest BCUT2D eigenvalue weighted by Gasteiger charge is 2.30. The molecule has 1 amide bonds. The van der Waals surface area contributed by atoms with E-state index >= 15 is 0 Å². The second kappa shape index (κ2) is 9.14. The summed E-state index contributed by atoms with van der Waals surface area (Å²) in [6.45, 7) is 8.24. The van der Waals surface area contributed by atoms with Crippen LogP contribution in [0.5, 0.6) is 0 Å². The molecular weight excluding hydrogens is 386 g/mol. The minimum Gasteiger partial charge on any atom is -0.465 e. The van der Waals surface area contributed by atoms with E-state index in [1.807, 2.05) is 0 Å². The van der Waals surface area contributed by atoms with E-state index in [2.05, 4.69) is 22.0 Å². The maximum atomic E-state index is 12.8. The summed E-state index contributed by atoms with van der Waals surface area (Å²) in [7, 11) is 1.41. The van der Waals surface area contributed by atoms with Crippen LogP contribution in [0.3, 0.4) is 0 Å². The third-order valence-corrected chi connectivity index (χ3v) is 7.78. The number of thiophene rings is 1. The van der Waals surface area contributed by atoms with Crippen LogP contribution in [-0.2, 0) is 22.4 Å². The molecule has 0 saturated carbocycles. The number of fused-ring (bicyclic) bond motifs is 1. The highest BCUT2D eigenvalue weighted by Crippen LogP contribution is 2.40. The molecule has 0 radical (unpaired) electrons. The van der Waals surface area contributed by atoms with Crippen molar-refractivity contribution in [1.29, 1.82) is 0 Å². The SMILES string of the molecule is COC(=O)c1c(NC(=O)CN2CC[C@H](CN3CCCC3)C2)sc2c1CC[C@H](C)C2. The fourth-order valence-electron chi connectivity index (χ4n) is 5.06. The van der Waals surface area contributed by atoms with E-state index in [1.54, 1.807) is 11.3 Å². The number of ether oxygens (including phenoxy) is 1. The lowest BCUT2D eigenvalue weighted by Crippen LogP contribution is -2.33. The van der Waals surface area contributed by atoms with Crippen LogP contribution < -0.4 is 5.32 Å². The van der Waals surface area contributed by atoms with E-state index < -0.39 is 0 Å². The van der Waals surface area contributed by atoms with Crippen LogP contribution in [0.2, 0.25) is 0 Å². The minimum absolute atomic E-state index is 0.0244. The number of hydrogen-bond acceptors (Lipinski definition) is 6. The fourth-order valence-corrected chi connectivity index (χ4v) is 6.48. The van der Waals surface area contributed by atoms with Gasteiger partial charge in [-0.3, -0.25) is 9.69 Å². The summed E-state index contributed by atoms with van der Waals surface area (Å²) in [6, 6.07) is 0. The van der Waals surface area contributed by atoms with Gasteiger partial charge in [-0.1, -0.05) is 6.92 Å². The highest BCUT2D eigenvalue weighted by molar-refractivity contribution is 7.17. The molecule has 0 aromatic carbocycles. The Bertz CT molecular complexity index is 757. The van der Waals surface area contributed by atoms with Crippen LogP contribution in [0, 0.1) is 11.8 Å². The maximum absolute atomic E-state index is 12.8. The van der Waals surface area contributed by atoms with E-state index in [0.717, 1.165) is 37.9 Å².